The number of benzene rings is 3. The molecule has 0 spiro atoms. The highest BCUT2D eigenvalue weighted by Crippen LogP contribution is 2.32. The summed E-state index contributed by atoms with van der Waals surface area (Å²) in [6, 6.07) is 22.4. The number of fused-ring (bicyclic) bond motifs is 2. The fourth-order valence-electron chi connectivity index (χ4n) is 2.48. The van der Waals surface area contributed by atoms with Crippen LogP contribution in [0.4, 0.5) is 0 Å². The van der Waals surface area contributed by atoms with E-state index in [1.807, 2.05) is 30.3 Å². The zero-order valence-corrected chi connectivity index (χ0v) is 15.7. The first-order chi connectivity index (χ1) is 11.2. The molecule has 3 aromatic carbocycles. The minimum atomic E-state index is 0.124. The third-order valence-corrected chi connectivity index (χ3v) is 6.47. The van der Waals surface area contributed by atoms with Crippen LogP contribution in [-0.2, 0) is 0 Å². The zero-order chi connectivity index (χ0) is 15.8. The van der Waals surface area contributed by atoms with Crippen LogP contribution in [0.25, 0.3) is 20.2 Å². The topological polar surface area (TPSA) is 17.1 Å². The van der Waals surface area contributed by atoms with Gasteiger partial charge in [0.2, 0.25) is 0 Å². The second kappa shape index (κ2) is 6.26. The number of hydrogen-bond acceptors (Lipinski definition) is 3. The van der Waals surface area contributed by atoms with Crippen LogP contribution in [0.2, 0.25) is 0 Å². The Labute approximate surface area is 155 Å². The maximum absolute atomic E-state index is 12.7. The Balaban J connectivity index is 1.83. The molecule has 0 N–H and O–H groups in total. The summed E-state index contributed by atoms with van der Waals surface area (Å²) in [5.41, 5.74) is 0.124. The summed E-state index contributed by atoms with van der Waals surface area (Å²) < 4.78 is 3.31. The molecule has 0 aliphatic rings. The second-order valence-electron chi connectivity index (χ2n) is 5.14. The molecule has 0 bridgehead atoms. The zero-order valence-electron chi connectivity index (χ0n) is 12.0. The smallest absolute Gasteiger partial charge is 0.195 e. The number of hydrogen-bond donors (Lipinski definition) is 0. The molecule has 112 valence electrons. The third kappa shape index (κ3) is 3.03. The highest BCUT2D eigenvalue weighted by molar-refractivity contribution is 14.1. The summed E-state index contributed by atoms with van der Waals surface area (Å²) in [6.45, 7) is 0. The fourth-order valence-corrected chi connectivity index (χ4v) is 4.75. The van der Waals surface area contributed by atoms with E-state index < -0.39 is 0 Å². The van der Waals surface area contributed by atoms with Crippen molar-refractivity contribution in [3.63, 3.8) is 0 Å². The van der Waals surface area contributed by atoms with Gasteiger partial charge in [-0.1, -0.05) is 23.9 Å². The molecule has 0 aliphatic heterocycles. The van der Waals surface area contributed by atoms with Crippen LogP contribution < -0.4 is 5.43 Å². The van der Waals surface area contributed by atoms with E-state index in [0.717, 1.165) is 25.1 Å². The first-order valence-electron chi connectivity index (χ1n) is 7.10. The number of rotatable bonds is 2. The SMILES string of the molecule is O=c1c2ccccc2sc2ccc(Sc3ccc(I)cc3)cc12. The van der Waals surface area contributed by atoms with Gasteiger partial charge in [0.25, 0.3) is 0 Å². The van der Waals surface area contributed by atoms with E-state index in [1.165, 1.54) is 8.47 Å². The molecule has 0 amide bonds. The van der Waals surface area contributed by atoms with E-state index in [9.17, 15) is 4.79 Å². The maximum Gasteiger partial charge on any atom is 0.195 e. The van der Waals surface area contributed by atoms with Gasteiger partial charge in [-0.25, -0.2) is 0 Å². The fraction of sp³-hybridized carbons (Fsp3) is 0. The van der Waals surface area contributed by atoms with E-state index in [0.29, 0.717) is 0 Å². The highest BCUT2D eigenvalue weighted by atomic mass is 127. The normalized spacial score (nSPS) is 11.2. The van der Waals surface area contributed by atoms with Crippen molar-refractivity contribution in [2.45, 2.75) is 9.79 Å². The second-order valence-corrected chi connectivity index (χ2v) is 8.62. The first kappa shape index (κ1) is 15.2. The molecule has 0 unspecified atom stereocenters. The largest absolute Gasteiger partial charge is 0.289 e. The lowest BCUT2D eigenvalue weighted by Gasteiger charge is -2.05. The summed E-state index contributed by atoms with van der Waals surface area (Å²) in [5.74, 6) is 0. The van der Waals surface area contributed by atoms with Crippen molar-refractivity contribution in [2.24, 2.45) is 0 Å². The molecule has 0 fully saturated rings. The van der Waals surface area contributed by atoms with Crippen molar-refractivity contribution in [1.82, 2.24) is 0 Å². The predicted octanol–water partition coefficient (Wildman–Crippen LogP) is 6.17. The summed E-state index contributed by atoms with van der Waals surface area (Å²) in [7, 11) is 0. The van der Waals surface area contributed by atoms with Crippen molar-refractivity contribution in [3.05, 3.63) is 80.5 Å². The molecule has 0 saturated heterocycles. The van der Waals surface area contributed by atoms with E-state index >= 15 is 0 Å². The molecule has 23 heavy (non-hydrogen) atoms. The highest BCUT2D eigenvalue weighted by Gasteiger charge is 2.07. The Morgan fingerprint density at radius 2 is 1.48 bits per heavy atom. The van der Waals surface area contributed by atoms with Crippen LogP contribution in [-0.4, -0.2) is 0 Å². The molecule has 0 saturated carbocycles. The minimum Gasteiger partial charge on any atom is -0.289 e. The standard InChI is InChI=1S/C19H11IOS2/c20-12-5-7-13(8-6-12)22-14-9-10-18-16(11-14)19(21)15-3-1-2-4-17(15)23-18/h1-11H. The van der Waals surface area contributed by atoms with E-state index in [1.54, 1.807) is 23.1 Å². The van der Waals surface area contributed by atoms with Crippen LogP contribution in [0.1, 0.15) is 0 Å². The van der Waals surface area contributed by atoms with Crippen molar-refractivity contribution in [3.8, 4) is 0 Å². The Hall–Kier alpha value is -1.37. The van der Waals surface area contributed by atoms with Crippen LogP contribution >= 0.6 is 45.7 Å². The van der Waals surface area contributed by atoms with Crippen molar-refractivity contribution < 1.29 is 0 Å². The predicted molar refractivity (Wildman–Crippen MR) is 109 cm³/mol. The Bertz CT molecular complexity index is 1070. The van der Waals surface area contributed by atoms with Crippen molar-refractivity contribution >= 4 is 65.9 Å². The third-order valence-electron chi connectivity index (χ3n) is 3.60. The molecule has 4 rings (SSSR count). The summed E-state index contributed by atoms with van der Waals surface area (Å²) in [4.78, 5) is 15.0. The molecule has 0 radical (unpaired) electrons. The molecule has 1 heterocycles. The van der Waals surface area contributed by atoms with Crippen molar-refractivity contribution in [1.29, 1.82) is 0 Å². The molecule has 1 aromatic heterocycles. The van der Waals surface area contributed by atoms with Crippen LogP contribution in [0.5, 0.6) is 0 Å². The summed E-state index contributed by atoms with van der Waals surface area (Å²) in [6.07, 6.45) is 0. The van der Waals surface area contributed by atoms with Gasteiger partial charge in [0.05, 0.1) is 0 Å². The molecular weight excluding hydrogens is 435 g/mol. The van der Waals surface area contributed by atoms with Crippen molar-refractivity contribution in [2.75, 3.05) is 0 Å². The maximum atomic E-state index is 12.7. The van der Waals surface area contributed by atoms with Crippen LogP contribution in [0.15, 0.2) is 81.3 Å². The molecule has 4 heteroatoms. The molecule has 0 atom stereocenters. The van der Waals surface area contributed by atoms with Gasteiger partial charge >= 0.3 is 0 Å². The van der Waals surface area contributed by atoms with Crippen LogP contribution in [0.3, 0.4) is 0 Å². The molecule has 1 nitrogen and oxygen atoms in total. The number of halogens is 1. The lowest BCUT2D eigenvalue weighted by Crippen LogP contribution is -2.00. The molecule has 4 aromatic rings. The molecule has 0 aliphatic carbocycles. The van der Waals surface area contributed by atoms with E-state index in [4.69, 9.17) is 0 Å². The van der Waals surface area contributed by atoms with Gasteiger partial charge in [0.15, 0.2) is 5.43 Å². The average Bonchev–Trinajstić information content (AvgIpc) is 2.58. The lowest BCUT2D eigenvalue weighted by atomic mass is 10.2. The van der Waals surface area contributed by atoms with Crippen LogP contribution in [0, 0.1) is 3.57 Å². The van der Waals surface area contributed by atoms with Gasteiger partial charge < -0.3 is 0 Å². The average molecular weight is 446 g/mol. The van der Waals surface area contributed by atoms with Gasteiger partial charge in [0.1, 0.15) is 0 Å². The minimum absolute atomic E-state index is 0.124. The first-order valence-corrected chi connectivity index (χ1v) is 9.81. The van der Waals surface area contributed by atoms with Gasteiger partial charge in [-0.2, -0.15) is 0 Å². The van der Waals surface area contributed by atoms with Gasteiger partial charge in [-0.3, -0.25) is 4.79 Å². The summed E-state index contributed by atoms with van der Waals surface area (Å²) >= 11 is 5.66. The Morgan fingerprint density at radius 3 is 2.30 bits per heavy atom. The summed E-state index contributed by atoms with van der Waals surface area (Å²) in [5, 5.41) is 1.62. The molecular formula is C19H11IOS2. The van der Waals surface area contributed by atoms with E-state index in [-0.39, 0.29) is 5.43 Å². The van der Waals surface area contributed by atoms with Gasteiger partial charge in [0, 0.05) is 33.5 Å². The lowest BCUT2D eigenvalue weighted by molar-refractivity contribution is 1.41. The quantitative estimate of drug-likeness (QED) is 0.271. The van der Waals surface area contributed by atoms with Gasteiger partial charge in [-0.15, -0.1) is 11.3 Å². The Morgan fingerprint density at radius 1 is 0.783 bits per heavy atom. The Kier molecular flexibility index (Phi) is 4.13. The van der Waals surface area contributed by atoms with E-state index in [2.05, 4.69) is 59.0 Å². The monoisotopic (exact) mass is 446 g/mol. The van der Waals surface area contributed by atoms with Gasteiger partial charge in [-0.05, 0) is 77.2 Å².